The zero-order valence-electron chi connectivity index (χ0n) is 9.34. The van der Waals surface area contributed by atoms with Gasteiger partial charge in [-0.05, 0) is 12.5 Å². The Morgan fingerprint density at radius 3 is 2.50 bits per heavy atom. The minimum atomic E-state index is -3.19. The second kappa shape index (κ2) is 5.12. The Kier molecular flexibility index (Phi) is 4.06. The van der Waals surface area contributed by atoms with E-state index in [0.29, 0.717) is 5.56 Å². The van der Waals surface area contributed by atoms with Crippen LogP contribution in [-0.2, 0) is 9.84 Å². The fraction of sp³-hybridized carbons (Fsp3) is 0.364. The summed E-state index contributed by atoms with van der Waals surface area (Å²) in [5, 5.41) is 12.0. The van der Waals surface area contributed by atoms with Crippen LogP contribution in [0.5, 0.6) is 0 Å². The summed E-state index contributed by atoms with van der Waals surface area (Å²) >= 11 is 0. The summed E-state index contributed by atoms with van der Waals surface area (Å²) in [5.41, 5.74) is 1.75. The zero-order valence-corrected chi connectivity index (χ0v) is 10.2. The van der Waals surface area contributed by atoms with E-state index in [9.17, 15) is 8.42 Å². The Balaban J connectivity index is 3.07. The number of nitrogens with zero attached hydrogens (tertiary/aromatic N) is 1. The molecule has 0 aliphatic carbocycles. The van der Waals surface area contributed by atoms with E-state index in [1.807, 2.05) is 19.1 Å². The molecule has 0 heterocycles. The van der Waals surface area contributed by atoms with Crippen molar-refractivity contribution in [1.29, 1.82) is 0 Å². The average molecular weight is 241 g/mol. The number of hydrogen-bond acceptors (Lipinski definition) is 4. The Hall–Kier alpha value is -1.36. The molecule has 0 radical (unpaired) electrons. The first kappa shape index (κ1) is 12.7. The smallest absolute Gasteiger partial charge is 0.155 e. The summed E-state index contributed by atoms with van der Waals surface area (Å²) < 4.78 is 22.9. The monoisotopic (exact) mass is 241 g/mol. The molecular formula is C11H15NO3S. The lowest BCUT2D eigenvalue weighted by atomic mass is 10.1. The summed E-state index contributed by atoms with van der Waals surface area (Å²) in [6, 6.07) is 7.23. The molecule has 0 amide bonds. The Morgan fingerprint density at radius 2 is 2.00 bits per heavy atom. The van der Waals surface area contributed by atoms with Crippen LogP contribution < -0.4 is 0 Å². The predicted octanol–water partition coefficient (Wildman–Crippen LogP) is 1.61. The molecule has 0 spiro atoms. The molecule has 0 saturated carbocycles. The van der Waals surface area contributed by atoms with Gasteiger partial charge in [0.2, 0.25) is 0 Å². The van der Waals surface area contributed by atoms with Gasteiger partial charge in [0.25, 0.3) is 0 Å². The molecule has 0 aliphatic heterocycles. The molecule has 1 aromatic rings. The standard InChI is InChI=1S/C11H15NO3S/c1-3-16(14,15)8-11(12-13)10-7-5-4-6-9(10)2/h4-7,13H,3,8H2,1-2H3/b12-11+. The lowest BCUT2D eigenvalue weighted by Gasteiger charge is -2.07. The maximum absolute atomic E-state index is 11.5. The van der Waals surface area contributed by atoms with Gasteiger partial charge in [0.05, 0.1) is 5.75 Å². The van der Waals surface area contributed by atoms with Gasteiger partial charge >= 0.3 is 0 Å². The van der Waals surface area contributed by atoms with E-state index >= 15 is 0 Å². The molecular weight excluding hydrogens is 226 g/mol. The van der Waals surface area contributed by atoms with Crippen molar-refractivity contribution in [2.24, 2.45) is 5.16 Å². The van der Waals surface area contributed by atoms with Crippen LogP contribution in [0, 0.1) is 6.92 Å². The van der Waals surface area contributed by atoms with Crippen LogP contribution in [0.3, 0.4) is 0 Å². The van der Waals surface area contributed by atoms with Crippen molar-refractivity contribution in [1.82, 2.24) is 0 Å². The fourth-order valence-electron chi connectivity index (χ4n) is 1.37. The maximum atomic E-state index is 11.5. The van der Waals surface area contributed by atoms with E-state index in [-0.39, 0.29) is 17.2 Å². The third-order valence-electron chi connectivity index (χ3n) is 2.37. The molecule has 0 bridgehead atoms. The van der Waals surface area contributed by atoms with Crippen molar-refractivity contribution in [3.05, 3.63) is 35.4 Å². The van der Waals surface area contributed by atoms with Crippen LogP contribution in [0.1, 0.15) is 18.1 Å². The maximum Gasteiger partial charge on any atom is 0.155 e. The topological polar surface area (TPSA) is 66.7 Å². The third kappa shape index (κ3) is 3.06. The number of hydrogen-bond donors (Lipinski definition) is 1. The van der Waals surface area contributed by atoms with Crippen LogP contribution in [-0.4, -0.2) is 30.8 Å². The normalized spacial score (nSPS) is 12.8. The SMILES string of the molecule is CCS(=O)(=O)C/C(=N\O)c1ccccc1C. The average Bonchev–Trinajstić information content (AvgIpc) is 2.27. The van der Waals surface area contributed by atoms with Crippen LogP contribution in [0.4, 0.5) is 0 Å². The third-order valence-corrected chi connectivity index (χ3v) is 3.97. The van der Waals surface area contributed by atoms with Crippen LogP contribution >= 0.6 is 0 Å². The van der Waals surface area contributed by atoms with Gasteiger partial charge in [0, 0.05) is 11.3 Å². The molecule has 16 heavy (non-hydrogen) atoms. The van der Waals surface area contributed by atoms with Crippen molar-refractivity contribution in [3.8, 4) is 0 Å². The lowest BCUT2D eigenvalue weighted by molar-refractivity contribution is 0.319. The van der Waals surface area contributed by atoms with E-state index in [1.165, 1.54) is 0 Å². The van der Waals surface area contributed by atoms with E-state index in [0.717, 1.165) is 5.56 Å². The van der Waals surface area contributed by atoms with E-state index in [1.54, 1.807) is 19.1 Å². The van der Waals surface area contributed by atoms with Gasteiger partial charge in [-0.2, -0.15) is 0 Å². The highest BCUT2D eigenvalue weighted by Gasteiger charge is 2.16. The van der Waals surface area contributed by atoms with Crippen LogP contribution in [0.25, 0.3) is 0 Å². The van der Waals surface area contributed by atoms with Gasteiger partial charge in [-0.3, -0.25) is 0 Å². The van der Waals surface area contributed by atoms with Crippen LogP contribution in [0.15, 0.2) is 29.4 Å². The molecule has 1 N–H and O–H groups in total. The molecule has 0 fully saturated rings. The summed E-state index contributed by atoms with van der Waals surface area (Å²) in [6.45, 7) is 3.42. The number of sulfone groups is 1. The lowest BCUT2D eigenvalue weighted by Crippen LogP contribution is -2.19. The number of oxime groups is 1. The molecule has 0 unspecified atom stereocenters. The molecule has 1 aromatic carbocycles. The van der Waals surface area contributed by atoms with Gasteiger partial charge in [-0.25, -0.2) is 8.42 Å². The second-order valence-corrected chi connectivity index (χ2v) is 5.89. The first-order chi connectivity index (χ1) is 7.50. The highest BCUT2D eigenvalue weighted by Crippen LogP contribution is 2.10. The molecule has 0 atom stereocenters. The Morgan fingerprint density at radius 1 is 1.38 bits per heavy atom. The van der Waals surface area contributed by atoms with Crippen LogP contribution in [0.2, 0.25) is 0 Å². The van der Waals surface area contributed by atoms with Crippen molar-refractivity contribution >= 4 is 15.5 Å². The summed E-state index contributed by atoms with van der Waals surface area (Å²) in [5.74, 6) is -0.192. The highest BCUT2D eigenvalue weighted by molar-refractivity contribution is 7.92. The number of aryl methyl sites for hydroxylation is 1. The van der Waals surface area contributed by atoms with E-state index in [2.05, 4.69) is 5.16 Å². The van der Waals surface area contributed by atoms with E-state index in [4.69, 9.17) is 5.21 Å². The Labute approximate surface area is 95.5 Å². The molecule has 0 aliphatic rings. The van der Waals surface area contributed by atoms with Crippen molar-refractivity contribution in [2.45, 2.75) is 13.8 Å². The Bertz CT molecular complexity index is 492. The summed E-state index contributed by atoms with van der Waals surface area (Å²) in [6.07, 6.45) is 0. The predicted molar refractivity (Wildman–Crippen MR) is 63.8 cm³/mol. The highest BCUT2D eigenvalue weighted by atomic mass is 32.2. The van der Waals surface area contributed by atoms with Gasteiger partial charge in [0.15, 0.2) is 9.84 Å². The quantitative estimate of drug-likeness (QED) is 0.494. The first-order valence-electron chi connectivity index (χ1n) is 4.97. The molecule has 0 aromatic heterocycles. The van der Waals surface area contributed by atoms with Gasteiger partial charge < -0.3 is 5.21 Å². The molecule has 4 nitrogen and oxygen atoms in total. The van der Waals surface area contributed by atoms with Crippen molar-refractivity contribution < 1.29 is 13.6 Å². The second-order valence-electron chi connectivity index (χ2n) is 3.54. The minimum Gasteiger partial charge on any atom is -0.411 e. The minimum absolute atomic E-state index is 0.0396. The van der Waals surface area contributed by atoms with Gasteiger partial charge in [-0.1, -0.05) is 36.3 Å². The zero-order chi connectivity index (χ0) is 12.2. The molecule has 88 valence electrons. The van der Waals surface area contributed by atoms with Crippen molar-refractivity contribution in [3.63, 3.8) is 0 Å². The summed E-state index contributed by atoms with van der Waals surface area (Å²) in [4.78, 5) is 0. The molecule has 0 saturated heterocycles. The number of rotatable bonds is 4. The molecule has 1 rings (SSSR count). The first-order valence-corrected chi connectivity index (χ1v) is 6.79. The summed E-state index contributed by atoms with van der Waals surface area (Å²) in [7, 11) is -3.19. The fourth-order valence-corrected chi connectivity index (χ4v) is 2.20. The van der Waals surface area contributed by atoms with Gasteiger partial charge in [-0.15, -0.1) is 0 Å². The largest absolute Gasteiger partial charge is 0.411 e. The van der Waals surface area contributed by atoms with Gasteiger partial charge in [0.1, 0.15) is 5.71 Å². The van der Waals surface area contributed by atoms with E-state index < -0.39 is 9.84 Å². The number of benzene rings is 1. The molecule has 5 heteroatoms. The van der Waals surface area contributed by atoms with Crippen molar-refractivity contribution in [2.75, 3.05) is 11.5 Å².